The summed E-state index contributed by atoms with van der Waals surface area (Å²) in [5.41, 5.74) is 0. The summed E-state index contributed by atoms with van der Waals surface area (Å²) in [4.78, 5) is 0. The fourth-order valence-electron chi connectivity index (χ4n) is 2.27. The van der Waals surface area contributed by atoms with E-state index in [4.69, 9.17) is 4.74 Å². The van der Waals surface area contributed by atoms with Crippen molar-refractivity contribution in [3.8, 4) is 5.75 Å². The van der Waals surface area contributed by atoms with Crippen LogP contribution in [0.1, 0.15) is 58.3 Å². The molecule has 0 amide bonds. The van der Waals surface area contributed by atoms with Crippen molar-refractivity contribution < 1.29 is 4.74 Å². The number of unbranched alkanes of at least 4 members (excludes halogenated alkanes) is 7. The summed E-state index contributed by atoms with van der Waals surface area (Å²) in [6, 6.07) is 10.0. The zero-order chi connectivity index (χ0) is 14.3. The molecule has 114 valence electrons. The van der Waals surface area contributed by atoms with Crippen molar-refractivity contribution in [1.82, 2.24) is 5.32 Å². The molecule has 2 heteroatoms. The molecule has 1 aromatic carbocycles. The van der Waals surface area contributed by atoms with Gasteiger partial charge < -0.3 is 10.1 Å². The molecule has 1 rings (SSSR count). The molecule has 0 saturated heterocycles. The topological polar surface area (TPSA) is 21.3 Å². The molecule has 0 atom stereocenters. The van der Waals surface area contributed by atoms with Gasteiger partial charge in [-0.05, 0) is 25.1 Å². The summed E-state index contributed by atoms with van der Waals surface area (Å²) in [5.74, 6) is 0.960. The largest absolute Gasteiger partial charge is 0.492 e. The van der Waals surface area contributed by atoms with Crippen molar-refractivity contribution in [2.45, 2.75) is 58.3 Å². The Labute approximate surface area is 124 Å². The maximum atomic E-state index is 5.63. The molecule has 1 aromatic rings. The van der Waals surface area contributed by atoms with Gasteiger partial charge >= 0.3 is 0 Å². The number of ether oxygens (including phenoxy) is 1. The minimum atomic E-state index is 0.751. The Bertz CT molecular complexity index is 300. The lowest BCUT2D eigenvalue weighted by Crippen LogP contribution is -2.22. The quantitative estimate of drug-likeness (QED) is 0.523. The number of para-hydroxylation sites is 1. The molecule has 1 N–H and O–H groups in total. The molecule has 0 spiro atoms. The average molecular weight is 277 g/mol. The standard InChI is InChI=1S/C18H31NO/c1-2-3-4-5-6-7-8-12-15-19-16-17-20-18-13-10-9-11-14-18/h9-11,13-14,19H,2-8,12,15-17H2,1H3. The predicted octanol–water partition coefficient (Wildman–Crippen LogP) is 4.80. The second kappa shape index (κ2) is 13.0. The van der Waals surface area contributed by atoms with Gasteiger partial charge in [-0.25, -0.2) is 0 Å². The highest BCUT2D eigenvalue weighted by molar-refractivity contribution is 5.20. The van der Waals surface area contributed by atoms with Gasteiger partial charge in [-0.1, -0.05) is 70.1 Å². The average Bonchev–Trinajstić information content (AvgIpc) is 2.49. The maximum absolute atomic E-state index is 5.63. The zero-order valence-corrected chi connectivity index (χ0v) is 13.1. The smallest absolute Gasteiger partial charge is 0.119 e. The maximum Gasteiger partial charge on any atom is 0.119 e. The van der Waals surface area contributed by atoms with E-state index >= 15 is 0 Å². The summed E-state index contributed by atoms with van der Waals surface area (Å²) in [6.07, 6.45) is 11.1. The zero-order valence-electron chi connectivity index (χ0n) is 13.1. The van der Waals surface area contributed by atoms with E-state index in [-0.39, 0.29) is 0 Å². The Kier molecular flexibility index (Phi) is 11.1. The van der Waals surface area contributed by atoms with Gasteiger partial charge in [0, 0.05) is 6.54 Å². The van der Waals surface area contributed by atoms with Crippen molar-refractivity contribution in [3.05, 3.63) is 30.3 Å². The van der Waals surface area contributed by atoms with E-state index in [1.165, 1.54) is 51.4 Å². The Hall–Kier alpha value is -1.02. The van der Waals surface area contributed by atoms with Gasteiger partial charge in [-0.15, -0.1) is 0 Å². The third-order valence-corrected chi connectivity index (χ3v) is 3.50. The fourth-order valence-corrected chi connectivity index (χ4v) is 2.27. The van der Waals surface area contributed by atoms with Gasteiger partial charge in [0.15, 0.2) is 0 Å². The van der Waals surface area contributed by atoms with E-state index in [2.05, 4.69) is 12.2 Å². The van der Waals surface area contributed by atoms with Crippen LogP contribution in [0.2, 0.25) is 0 Å². The summed E-state index contributed by atoms with van der Waals surface area (Å²) < 4.78 is 5.63. The van der Waals surface area contributed by atoms with Gasteiger partial charge in [0.2, 0.25) is 0 Å². The van der Waals surface area contributed by atoms with Crippen LogP contribution in [0.3, 0.4) is 0 Å². The summed E-state index contributed by atoms with van der Waals surface area (Å²) >= 11 is 0. The molecule has 0 aromatic heterocycles. The molecule has 20 heavy (non-hydrogen) atoms. The van der Waals surface area contributed by atoms with Crippen molar-refractivity contribution >= 4 is 0 Å². The van der Waals surface area contributed by atoms with Crippen LogP contribution in [-0.2, 0) is 0 Å². The van der Waals surface area contributed by atoms with E-state index < -0.39 is 0 Å². The van der Waals surface area contributed by atoms with E-state index in [0.29, 0.717) is 0 Å². The van der Waals surface area contributed by atoms with Crippen molar-refractivity contribution in [3.63, 3.8) is 0 Å². The molecule has 0 heterocycles. The SMILES string of the molecule is CCCCCCCCCCNCCOc1ccccc1. The van der Waals surface area contributed by atoms with Crippen molar-refractivity contribution in [2.75, 3.05) is 19.7 Å². The highest BCUT2D eigenvalue weighted by Crippen LogP contribution is 2.08. The minimum Gasteiger partial charge on any atom is -0.492 e. The minimum absolute atomic E-state index is 0.751. The Morgan fingerprint density at radius 2 is 1.45 bits per heavy atom. The number of hydrogen-bond donors (Lipinski definition) is 1. The molecule has 0 unspecified atom stereocenters. The molecule has 0 bridgehead atoms. The lowest BCUT2D eigenvalue weighted by Gasteiger charge is -2.07. The molecule has 0 aliphatic heterocycles. The van der Waals surface area contributed by atoms with Crippen LogP contribution in [0, 0.1) is 0 Å². The molecular weight excluding hydrogens is 246 g/mol. The fraction of sp³-hybridized carbons (Fsp3) is 0.667. The molecule has 2 nitrogen and oxygen atoms in total. The highest BCUT2D eigenvalue weighted by Gasteiger charge is 1.93. The van der Waals surface area contributed by atoms with Gasteiger partial charge in [0.1, 0.15) is 12.4 Å². The van der Waals surface area contributed by atoms with Crippen LogP contribution in [0.25, 0.3) is 0 Å². The van der Waals surface area contributed by atoms with E-state index in [9.17, 15) is 0 Å². The van der Waals surface area contributed by atoms with Crippen LogP contribution >= 0.6 is 0 Å². The van der Waals surface area contributed by atoms with Gasteiger partial charge in [0.25, 0.3) is 0 Å². The van der Waals surface area contributed by atoms with Crippen molar-refractivity contribution in [2.24, 2.45) is 0 Å². The second-order valence-corrected chi connectivity index (χ2v) is 5.39. The number of hydrogen-bond acceptors (Lipinski definition) is 2. The van der Waals surface area contributed by atoms with Crippen LogP contribution in [0.15, 0.2) is 30.3 Å². The molecule has 0 aliphatic rings. The number of benzene rings is 1. The van der Waals surface area contributed by atoms with Crippen LogP contribution in [0.4, 0.5) is 0 Å². The third kappa shape index (κ3) is 9.85. The summed E-state index contributed by atoms with van der Waals surface area (Å²) in [5, 5.41) is 3.44. The Balaban J connectivity index is 1.77. The number of rotatable bonds is 13. The van der Waals surface area contributed by atoms with Crippen LogP contribution in [0.5, 0.6) is 5.75 Å². The lowest BCUT2D eigenvalue weighted by molar-refractivity contribution is 0.313. The third-order valence-electron chi connectivity index (χ3n) is 3.50. The van der Waals surface area contributed by atoms with Crippen LogP contribution in [-0.4, -0.2) is 19.7 Å². The lowest BCUT2D eigenvalue weighted by atomic mass is 10.1. The predicted molar refractivity (Wildman–Crippen MR) is 87.4 cm³/mol. The Morgan fingerprint density at radius 1 is 0.800 bits per heavy atom. The van der Waals surface area contributed by atoms with E-state index in [1.807, 2.05) is 30.3 Å². The van der Waals surface area contributed by atoms with Crippen LogP contribution < -0.4 is 10.1 Å². The molecule has 0 saturated carbocycles. The molecule has 0 fully saturated rings. The highest BCUT2D eigenvalue weighted by atomic mass is 16.5. The van der Waals surface area contributed by atoms with Gasteiger partial charge in [0.05, 0.1) is 0 Å². The van der Waals surface area contributed by atoms with Gasteiger partial charge in [-0.3, -0.25) is 0 Å². The first-order valence-corrected chi connectivity index (χ1v) is 8.32. The molecule has 0 radical (unpaired) electrons. The summed E-state index contributed by atoms with van der Waals surface area (Å²) in [6.45, 7) is 5.08. The first-order valence-electron chi connectivity index (χ1n) is 8.32. The summed E-state index contributed by atoms with van der Waals surface area (Å²) in [7, 11) is 0. The van der Waals surface area contributed by atoms with E-state index in [0.717, 1.165) is 25.4 Å². The molecule has 0 aliphatic carbocycles. The van der Waals surface area contributed by atoms with E-state index in [1.54, 1.807) is 0 Å². The van der Waals surface area contributed by atoms with Crippen molar-refractivity contribution in [1.29, 1.82) is 0 Å². The number of nitrogens with one attached hydrogen (secondary N) is 1. The molecular formula is C18H31NO. The normalized spacial score (nSPS) is 10.7. The van der Waals surface area contributed by atoms with Gasteiger partial charge in [-0.2, -0.15) is 0 Å². The first-order chi connectivity index (χ1) is 9.93. The first kappa shape index (κ1) is 17.0. The monoisotopic (exact) mass is 277 g/mol. The second-order valence-electron chi connectivity index (χ2n) is 5.39. The Morgan fingerprint density at radius 3 is 2.15 bits per heavy atom.